The first-order valence-electron chi connectivity index (χ1n) is 6.85. The third kappa shape index (κ3) is 4.57. The standard InChI is InChI=1S/C16H19N3O2/c1-12-11-14(7-9-17-12)18-16(21)19-15(8-10-20)13-5-3-2-4-6-13/h2-7,9,11,15,20H,8,10H2,1H3,(H2,17,18,19,21)/t15-/m1/s1. The van der Waals surface area contributed by atoms with Crippen molar-refractivity contribution in [1.82, 2.24) is 10.3 Å². The first-order chi connectivity index (χ1) is 10.2. The predicted octanol–water partition coefficient (Wildman–Crippen LogP) is 2.64. The number of benzene rings is 1. The Labute approximate surface area is 124 Å². The van der Waals surface area contributed by atoms with Gasteiger partial charge in [0.2, 0.25) is 0 Å². The molecule has 2 rings (SSSR count). The van der Waals surface area contributed by atoms with Crippen LogP contribution in [0, 0.1) is 6.92 Å². The minimum atomic E-state index is -0.303. The molecule has 1 heterocycles. The average molecular weight is 285 g/mol. The van der Waals surface area contributed by atoms with Crippen molar-refractivity contribution in [2.24, 2.45) is 0 Å². The Morgan fingerprint density at radius 2 is 2.05 bits per heavy atom. The van der Waals surface area contributed by atoms with Crippen LogP contribution in [0.4, 0.5) is 10.5 Å². The molecule has 0 fully saturated rings. The Bertz CT molecular complexity index is 587. The molecule has 0 radical (unpaired) electrons. The number of rotatable bonds is 5. The van der Waals surface area contributed by atoms with E-state index < -0.39 is 0 Å². The molecule has 0 bridgehead atoms. The fraction of sp³-hybridized carbons (Fsp3) is 0.250. The predicted molar refractivity (Wildman–Crippen MR) is 82.0 cm³/mol. The third-order valence-corrected chi connectivity index (χ3v) is 3.08. The van der Waals surface area contributed by atoms with E-state index in [-0.39, 0.29) is 18.7 Å². The van der Waals surface area contributed by atoms with Crippen LogP contribution in [-0.4, -0.2) is 22.7 Å². The summed E-state index contributed by atoms with van der Waals surface area (Å²) in [6.45, 7) is 1.87. The molecule has 0 aliphatic heterocycles. The number of pyridine rings is 1. The number of carbonyl (C=O) groups is 1. The number of urea groups is 1. The highest BCUT2D eigenvalue weighted by Gasteiger charge is 2.13. The number of nitrogens with one attached hydrogen (secondary N) is 2. The zero-order valence-electron chi connectivity index (χ0n) is 11.9. The van der Waals surface area contributed by atoms with E-state index in [2.05, 4.69) is 15.6 Å². The lowest BCUT2D eigenvalue weighted by Crippen LogP contribution is -2.33. The molecule has 0 unspecified atom stereocenters. The van der Waals surface area contributed by atoms with E-state index in [9.17, 15) is 4.79 Å². The molecule has 110 valence electrons. The fourth-order valence-corrected chi connectivity index (χ4v) is 2.09. The number of amides is 2. The van der Waals surface area contributed by atoms with Crippen LogP contribution in [-0.2, 0) is 0 Å². The number of aromatic nitrogens is 1. The van der Waals surface area contributed by atoms with Crippen molar-refractivity contribution in [2.45, 2.75) is 19.4 Å². The van der Waals surface area contributed by atoms with Gasteiger partial charge >= 0.3 is 6.03 Å². The Hall–Kier alpha value is -2.40. The first kappa shape index (κ1) is 15.0. The highest BCUT2D eigenvalue weighted by atomic mass is 16.3. The van der Waals surface area contributed by atoms with Crippen LogP contribution < -0.4 is 10.6 Å². The maximum absolute atomic E-state index is 12.1. The molecule has 1 aromatic carbocycles. The smallest absolute Gasteiger partial charge is 0.319 e. The molecule has 0 saturated carbocycles. The molecule has 21 heavy (non-hydrogen) atoms. The lowest BCUT2D eigenvalue weighted by Gasteiger charge is -2.18. The van der Waals surface area contributed by atoms with Crippen LogP contribution in [0.5, 0.6) is 0 Å². The summed E-state index contributed by atoms with van der Waals surface area (Å²) in [5.74, 6) is 0. The lowest BCUT2D eigenvalue weighted by atomic mass is 10.0. The van der Waals surface area contributed by atoms with Crippen molar-refractivity contribution in [3.05, 3.63) is 59.9 Å². The van der Waals surface area contributed by atoms with Crippen LogP contribution in [0.15, 0.2) is 48.7 Å². The molecule has 2 aromatic rings. The van der Waals surface area contributed by atoms with Gasteiger partial charge in [0.1, 0.15) is 0 Å². The van der Waals surface area contributed by atoms with Gasteiger partial charge in [-0.1, -0.05) is 30.3 Å². The molecular weight excluding hydrogens is 266 g/mol. The van der Waals surface area contributed by atoms with E-state index in [4.69, 9.17) is 5.11 Å². The molecule has 0 saturated heterocycles. The van der Waals surface area contributed by atoms with E-state index in [1.807, 2.05) is 37.3 Å². The average Bonchev–Trinajstić information content (AvgIpc) is 2.47. The number of hydrogen-bond acceptors (Lipinski definition) is 3. The highest BCUT2D eigenvalue weighted by Crippen LogP contribution is 2.16. The number of aliphatic hydroxyl groups is 1. The highest BCUT2D eigenvalue weighted by molar-refractivity contribution is 5.89. The number of carbonyl (C=O) groups excluding carboxylic acids is 1. The summed E-state index contributed by atoms with van der Waals surface area (Å²) in [4.78, 5) is 16.1. The van der Waals surface area contributed by atoms with Gasteiger partial charge in [-0.05, 0) is 31.0 Å². The molecule has 5 nitrogen and oxygen atoms in total. The van der Waals surface area contributed by atoms with Crippen LogP contribution in [0.3, 0.4) is 0 Å². The van der Waals surface area contributed by atoms with Gasteiger partial charge in [-0.2, -0.15) is 0 Å². The van der Waals surface area contributed by atoms with E-state index in [0.29, 0.717) is 12.1 Å². The summed E-state index contributed by atoms with van der Waals surface area (Å²) >= 11 is 0. The SMILES string of the molecule is Cc1cc(NC(=O)N[C@H](CCO)c2ccccc2)ccn1. The fourth-order valence-electron chi connectivity index (χ4n) is 2.09. The van der Waals surface area contributed by atoms with Gasteiger partial charge in [-0.15, -0.1) is 0 Å². The van der Waals surface area contributed by atoms with Crippen molar-refractivity contribution in [1.29, 1.82) is 0 Å². The Morgan fingerprint density at radius 1 is 1.29 bits per heavy atom. The molecule has 0 spiro atoms. The van der Waals surface area contributed by atoms with Crippen molar-refractivity contribution in [3.63, 3.8) is 0 Å². The lowest BCUT2D eigenvalue weighted by molar-refractivity contribution is 0.239. The maximum atomic E-state index is 12.1. The number of anilines is 1. The number of hydrogen-bond donors (Lipinski definition) is 3. The molecule has 1 aromatic heterocycles. The van der Waals surface area contributed by atoms with Crippen molar-refractivity contribution in [2.75, 3.05) is 11.9 Å². The Kier molecular flexibility index (Phi) is 5.29. The largest absolute Gasteiger partial charge is 0.396 e. The first-order valence-corrected chi connectivity index (χ1v) is 6.85. The van der Waals surface area contributed by atoms with E-state index in [1.54, 1.807) is 18.3 Å². The monoisotopic (exact) mass is 285 g/mol. The van der Waals surface area contributed by atoms with Gasteiger partial charge < -0.3 is 15.7 Å². The van der Waals surface area contributed by atoms with E-state index >= 15 is 0 Å². The number of aryl methyl sites for hydroxylation is 1. The van der Waals surface area contributed by atoms with Gasteiger partial charge in [-0.25, -0.2) is 4.79 Å². The summed E-state index contributed by atoms with van der Waals surface area (Å²) in [5.41, 5.74) is 2.49. The summed E-state index contributed by atoms with van der Waals surface area (Å²) < 4.78 is 0. The second kappa shape index (κ2) is 7.40. The quantitative estimate of drug-likeness (QED) is 0.790. The van der Waals surface area contributed by atoms with Gasteiger partial charge in [-0.3, -0.25) is 4.98 Å². The van der Waals surface area contributed by atoms with Crippen molar-refractivity contribution < 1.29 is 9.90 Å². The molecule has 2 amide bonds. The van der Waals surface area contributed by atoms with Crippen LogP contribution >= 0.6 is 0 Å². The van der Waals surface area contributed by atoms with E-state index in [1.165, 1.54) is 0 Å². The summed E-state index contributed by atoms with van der Waals surface area (Å²) in [5, 5.41) is 14.8. The summed E-state index contributed by atoms with van der Waals surface area (Å²) in [6.07, 6.45) is 2.11. The van der Waals surface area contributed by atoms with Gasteiger partial charge in [0.25, 0.3) is 0 Å². The number of aliphatic hydroxyl groups excluding tert-OH is 1. The topological polar surface area (TPSA) is 74.2 Å². The Balaban J connectivity index is 2.02. The Morgan fingerprint density at radius 3 is 2.71 bits per heavy atom. The van der Waals surface area contributed by atoms with Crippen LogP contribution in [0.2, 0.25) is 0 Å². The summed E-state index contributed by atoms with van der Waals surface area (Å²) in [7, 11) is 0. The zero-order valence-corrected chi connectivity index (χ0v) is 11.9. The van der Waals surface area contributed by atoms with Crippen LogP contribution in [0.25, 0.3) is 0 Å². The van der Waals surface area contributed by atoms with E-state index in [0.717, 1.165) is 11.3 Å². The second-order valence-electron chi connectivity index (χ2n) is 4.76. The molecule has 5 heteroatoms. The maximum Gasteiger partial charge on any atom is 0.319 e. The van der Waals surface area contributed by atoms with Gasteiger partial charge in [0.15, 0.2) is 0 Å². The molecule has 3 N–H and O–H groups in total. The summed E-state index contributed by atoms with van der Waals surface area (Å²) in [6, 6.07) is 12.6. The van der Waals surface area contributed by atoms with Crippen molar-refractivity contribution >= 4 is 11.7 Å². The van der Waals surface area contributed by atoms with Gasteiger partial charge in [0.05, 0.1) is 6.04 Å². The van der Waals surface area contributed by atoms with Crippen LogP contribution in [0.1, 0.15) is 23.7 Å². The number of nitrogens with zero attached hydrogens (tertiary/aromatic N) is 1. The third-order valence-electron chi connectivity index (χ3n) is 3.08. The minimum Gasteiger partial charge on any atom is -0.396 e. The molecular formula is C16H19N3O2. The second-order valence-corrected chi connectivity index (χ2v) is 4.76. The van der Waals surface area contributed by atoms with Crippen molar-refractivity contribution in [3.8, 4) is 0 Å². The zero-order chi connectivity index (χ0) is 15.1. The molecule has 1 atom stereocenters. The normalized spacial score (nSPS) is 11.7. The molecule has 0 aliphatic carbocycles. The minimum absolute atomic E-state index is 0.00814. The van der Waals surface area contributed by atoms with Gasteiger partial charge in [0, 0.05) is 24.2 Å². The molecule has 0 aliphatic rings.